The van der Waals surface area contributed by atoms with Crippen LogP contribution in [0.25, 0.3) is 0 Å². The van der Waals surface area contributed by atoms with E-state index in [1.807, 2.05) is 42.5 Å². The van der Waals surface area contributed by atoms with E-state index in [2.05, 4.69) is 10.3 Å². The zero-order valence-electron chi connectivity index (χ0n) is 12.7. The van der Waals surface area contributed by atoms with Gasteiger partial charge in [0.1, 0.15) is 23.1 Å². The van der Waals surface area contributed by atoms with Crippen molar-refractivity contribution in [2.75, 3.05) is 0 Å². The van der Waals surface area contributed by atoms with Crippen LogP contribution in [0, 0.1) is 0 Å². The van der Waals surface area contributed by atoms with Gasteiger partial charge < -0.3 is 10.1 Å². The van der Waals surface area contributed by atoms with Crippen LogP contribution in [0.2, 0.25) is 5.02 Å². The van der Waals surface area contributed by atoms with Gasteiger partial charge in [0.2, 0.25) is 0 Å². The highest BCUT2D eigenvalue weighted by Crippen LogP contribution is 2.19. The van der Waals surface area contributed by atoms with Gasteiger partial charge in [0.15, 0.2) is 0 Å². The lowest BCUT2D eigenvalue weighted by Crippen LogP contribution is -2.23. The normalized spacial score (nSPS) is 10.4. The second-order valence-electron chi connectivity index (χ2n) is 5.04. The van der Waals surface area contributed by atoms with Crippen LogP contribution in [0.15, 0.2) is 60.0 Å². The number of hydrogen-bond acceptors (Lipinski definition) is 4. The van der Waals surface area contributed by atoms with Crippen molar-refractivity contribution in [2.45, 2.75) is 13.2 Å². The molecule has 0 fully saturated rings. The van der Waals surface area contributed by atoms with Crippen molar-refractivity contribution in [3.63, 3.8) is 0 Å². The molecule has 4 nitrogen and oxygen atoms in total. The number of halogens is 1. The lowest BCUT2D eigenvalue weighted by Gasteiger charge is -2.04. The summed E-state index contributed by atoms with van der Waals surface area (Å²) in [5.41, 5.74) is 1.45. The Bertz CT molecular complexity index is 821. The van der Waals surface area contributed by atoms with Crippen LogP contribution in [0.5, 0.6) is 5.75 Å². The number of thiazole rings is 1. The fraction of sp³-hybridized carbons (Fsp3) is 0.111. The molecule has 1 aromatic heterocycles. The zero-order chi connectivity index (χ0) is 16.8. The van der Waals surface area contributed by atoms with E-state index in [-0.39, 0.29) is 5.91 Å². The minimum absolute atomic E-state index is 0.191. The molecule has 0 unspecified atom stereocenters. The van der Waals surface area contributed by atoms with E-state index in [4.69, 9.17) is 16.3 Å². The van der Waals surface area contributed by atoms with E-state index < -0.39 is 0 Å². The monoisotopic (exact) mass is 358 g/mol. The molecule has 122 valence electrons. The minimum Gasteiger partial charge on any atom is -0.486 e. The molecular weight excluding hydrogens is 344 g/mol. The number of aromatic nitrogens is 1. The van der Waals surface area contributed by atoms with Crippen molar-refractivity contribution in [2.24, 2.45) is 0 Å². The van der Waals surface area contributed by atoms with Gasteiger partial charge in [-0.2, -0.15) is 0 Å². The van der Waals surface area contributed by atoms with E-state index >= 15 is 0 Å². The average molecular weight is 359 g/mol. The minimum atomic E-state index is -0.191. The molecule has 0 bridgehead atoms. The third-order valence-electron chi connectivity index (χ3n) is 3.24. The first-order valence-corrected chi connectivity index (χ1v) is 8.61. The standard InChI is InChI=1S/C18H15ClN2O2S/c19-14-7-4-8-15(9-14)23-11-17-21-16(12-24-17)18(22)20-10-13-5-2-1-3-6-13/h1-9,12H,10-11H2,(H,20,22). The first-order chi connectivity index (χ1) is 11.7. The summed E-state index contributed by atoms with van der Waals surface area (Å²) in [6.45, 7) is 0.780. The lowest BCUT2D eigenvalue weighted by atomic mass is 10.2. The molecular formula is C18H15ClN2O2S. The maximum absolute atomic E-state index is 12.1. The Kier molecular flexibility index (Phi) is 5.46. The summed E-state index contributed by atoms with van der Waals surface area (Å²) in [6, 6.07) is 16.9. The molecule has 6 heteroatoms. The predicted octanol–water partition coefficient (Wildman–Crippen LogP) is 4.31. The van der Waals surface area contributed by atoms with Gasteiger partial charge in [-0.3, -0.25) is 4.79 Å². The van der Waals surface area contributed by atoms with Crippen LogP contribution in [-0.4, -0.2) is 10.9 Å². The second kappa shape index (κ2) is 7.95. The second-order valence-corrected chi connectivity index (χ2v) is 6.42. The number of carbonyl (C=O) groups is 1. The molecule has 0 saturated heterocycles. The highest BCUT2D eigenvalue weighted by molar-refractivity contribution is 7.09. The van der Waals surface area contributed by atoms with Crippen molar-refractivity contribution in [1.29, 1.82) is 0 Å². The Balaban J connectivity index is 1.53. The summed E-state index contributed by atoms with van der Waals surface area (Å²) in [6.07, 6.45) is 0. The lowest BCUT2D eigenvalue weighted by molar-refractivity contribution is 0.0946. The fourth-order valence-electron chi connectivity index (χ4n) is 2.05. The Morgan fingerprint density at radius 3 is 2.79 bits per heavy atom. The molecule has 0 aliphatic carbocycles. The van der Waals surface area contributed by atoms with Crippen LogP contribution >= 0.6 is 22.9 Å². The number of nitrogens with one attached hydrogen (secondary N) is 1. The number of nitrogens with zero attached hydrogens (tertiary/aromatic N) is 1. The van der Waals surface area contributed by atoms with Crippen molar-refractivity contribution >= 4 is 28.8 Å². The molecule has 0 radical (unpaired) electrons. The van der Waals surface area contributed by atoms with Crippen LogP contribution in [0.4, 0.5) is 0 Å². The number of rotatable bonds is 6. The quantitative estimate of drug-likeness (QED) is 0.714. The molecule has 1 heterocycles. The molecule has 1 amide bonds. The van der Waals surface area contributed by atoms with Crippen molar-refractivity contribution in [1.82, 2.24) is 10.3 Å². The molecule has 1 N–H and O–H groups in total. The van der Waals surface area contributed by atoms with E-state index in [0.29, 0.717) is 29.6 Å². The van der Waals surface area contributed by atoms with Gasteiger partial charge in [0.05, 0.1) is 0 Å². The smallest absolute Gasteiger partial charge is 0.271 e. The van der Waals surface area contributed by atoms with E-state index in [0.717, 1.165) is 10.6 Å². The summed E-state index contributed by atoms with van der Waals surface area (Å²) >= 11 is 7.30. The molecule has 0 aliphatic rings. The molecule has 0 atom stereocenters. The van der Waals surface area contributed by atoms with Gasteiger partial charge in [-0.15, -0.1) is 11.3 Å². The first kappa shape index (κ1) is 16.5. The molecule has 0 saturated carbocycles. The van der Waals surface area contributed by atoms with Gasteiger partial charge in [0, 0.05) is 16.9 Å². The summed E-state index contributed by atoms with van der Waals surface area (Å²) in [4.78, 5) is 16.4. The summed E-state index contributed by atoms with van der Waals surface area (Å²) in [7, 11) is 0. The molecule has 0 spiro atoms. The SMILES string of the molecule is O=C(NCc1ccccc1)c1csc(COc2cccc(Cl)c2)n1. The van der Waals surface area contributed by atoms with E-state index in [1.54, 1.807) is 17.5 Å². The topological polar surface area (TPSA) is 51.2 Å². The van der Waals surface area contributed by atoms with Crippen molar-refractivity contribution in [3.8, 4) is 5.75 Å². The van der Waals surface area contributed by atoms with Crippen LogP contribution in [0.3, 0.4) is 0 Å². The molecule has 3 rings (SSSR count). The first-order valence-electron chi connectivity index (χ1n) is 7.35. The summed E-state index contributed by atoms with van der Waals surface area (Å²) < 4.78 is 5.63. The Morgan fingerprint density at radius 2 is 2.00 bits per heavy atom. The number of hydrogen-bond donors (Lipinski definition) is 1. The average Bonchev–Trinajstić information content (AvgIpc) is 3.08. The maximum atomic E-state index is 12.1. The van der Waals surface area contributed by atoms with Crippen LogP contribution in [-0.2, 0) is 13.2 Å². The maximum Gasteiger partial charge on any atom is 0.271 e. The zero-order valence-corrected chi connectivity index (χ0v) is 14.3. The van der Waals surface area contributed by atoms with E-state index in [1.165, 1.54) is 11.3 Å². The number of benzene rings is 2. The summed E-state index contributed by atoms with van der Waals surface area (Å²) in [5, 5.41) is 5.94. The Morgan fingerprint density at radius 1 is 1.17 bits per heavy atom. The summed E-state index contributed by atoms with van der Waals surface area (Å²) in [5.74, 6) is 0.483. The largest absolute Gasteiger partial charge is 0.486 e. The highest BCUT2D eigenvalue weighted by Gasteiger charge is 2.11. The molecule has 3 aromatic rings. The number of amides is 1. The fourth-order valence-corrected chi connectivity index (χ4v) is 2.92. The molecule has 24 heavy (non-hydrogen) atoms. The van der Waals surface area contributed by atoms with Crippen LogP contribution in [0.1, 0.15) is 21.1 Å². The van der Waals surface area contributed by atoms with Gasteiger partial charge in [-0.25, -0.2) is 4.98 Å². The van der Waals surface area contributed by atoms with Crippen molar-refractivity contribution < 1.29 is 9.53 Å². The van der Waals surface area contributed by atoms with Gasteiger partial charge in [0.25, 0.3) is 5.91 Å². The molecule has 2 aromatic carbocycles. The highest BCUT2D eigenvalue weighted by atomic mass is 35.5. The third-order valence-corrected chi connectivity index (χ3v) is 4.30. The Hall–Kier alpha value is -2.37. The van der Waals surface area contributed by atoms with E-state index in [9.17, 15) is 4.79 Å². The third kappa shape index (κ3) is 4.57. The van der Waals surface area contributed by atoms with Crippen molar-refractivity contribution in [3.05, 3.63) is 81.3 Å². The predicted molar refractivity (Wildman–Crippen MR) is 95.5 cm³/mol. The molecule has 0 aliphatic heterocycles. The van der Waals surface area contributed by atoms with Gasteiger partial charge in [-0.1, -0.05) is 48.0 Å². The number of ether oxygens (including phenoxy) is 1. The van der Waals surface area contributed by atoms with Crippen LogP contribution < -0.4 is 10.1 Å². The Labute approximate surface area is 149 Å². The van der Waals surface area contributed by atoms with Gasteiger partial charge >= 0.3 is 0 Å². The number of carbonyl (C=O) groups excluding carboxylic acids is 1. The van der Waals surface area contributed by atoms with Gasteiger partial charge in [-0.05, 0) is 23.8 Å².